The van der Waals surface area contributed by atoms with E-state index in [2.05, 4.69) is 34.4 Å². The Bertz CT molecular complexity index is 362. The summed E-state index contributed by atoms with van der Waals surface area (Å²) < 4.78 is 0. The first-order valence-electron chi connectivity index (χ1n) is 6.76. The lowest BCUT2D eigenvalue weighted by atomic mass is 10.1. The highest BCUT2D eigenvalue weighted by Crippen LogP contribution is 2.27. The van der Waals surface area contributed by atoms with Gasteiger partial charge in [-0.05, 0) is 31.7 Å². The molecule has 0 saturated carbocycles. The molecule has 1 aromatic rings. The standard InChI is InChI=1S/C14H23N3S/c1-3-15-10-12-11-16-7-4-14(12)17-8-5-13(18-2)6-9-17/h4,7,11,13,15H,3,5-6,8-10H2,1-2H3. The van der Waals surface area contributed by atoms with Crippen molar-refractivity contribution >= 4 is 17.4 Å². The predicted molar refractivity (Wildman–Crippen MR) is 80.4 cm³/mol. The number of nitrogens with zero attached hydrogens (tertiary/aromatic N) is 2. The Labute approximate surface area is 114 Å². The third kappa shape index (κ3) is 3.39. The Morgan fingerprint density at radius 1 is 1.44 bits per heavy atom. The molecule has 1 fully saturated rings. The van der Waals surface area contributed by atoms with Crippen LogP contribution in [0.2, 0.25) is 0 Å². The average molecular weight is 265 g/mol. The smallest absolute Gasteiger partial charge is 0.0442 e. The summed E-state index contributed by atoms with van der Waals surface area (Å²) >= 11 is 2.01. The molecule has 0 unspecified atom stereocenters. The van der Waals surface area contributed by atoms with Crippen LogP contribution in [0.3, 0.4) is 0 Å². The van der Waals surface area contributed by atoms with Gasteiger partial charge in [0.2, 0.25) is 0 Å². The minimum Gasteiger partial charge on any atom is -0.371 e. The largest absolute Gasteiger partial charge is 0.371 e. The third-order valence-corrected chi connectivity index (χ3v) is 4.70. The molecule has 1 N–H and O–H groups in total. The van der Waals surface area contributed by atoms with E-state index < -0.39 is 0 Å². The molecule has 1 aromatic heterocycles. The van der Waals surface area contributed by atoms with Crippen molar-refractivity contribution < 1.29 is 0 Å². The molecule has 2 rings (SSSR count). The Morgan fingerprint density at radius 2 is 2.22 bits per heavy atom. The number of thioether (sulfide) groups is 1. The lowest BCUT2D eigenvalue weighted by molar-refractivity contribution is 0.588. The minimum absolute atomic E-state index is 0.848. The van der Waals surface area contributed by atoms with Crippen LogP contribution < -0.4 is 10.2 Å². The lowest BCUT2D eigenvalue weighted by Crippen LogP contribution is -2.35. The number of rotatable bonds is 5. The Balaban J connectivity index is 2.03. The summed E-state index contributed by atoms with van der Waals surface area (Å²) in [5.41, 5.74) is 2.69. The summed E-state index contributed by atoms with van der Waals surface area (Å²) in [6.07, 6.45) is 8.72. The van der Waals surface area contributed by atoms with Crippen molar-refractivity contribution in [1.29, 1.82) is 0 Å². The van der Waals surface area contributed by atoms with Crippen molar-refractivity contribution in [3.8, 4) is 0 Å². The summed E-state index contributed by atoms with van der Waals surface area (Å²) in [5.74, 6) is 0. The highest BCUT2D eigenvalue weighted by molar-refractivity contribution is 7.99. The Kier molecular flexibility index (Phi) is 5.32. The molecule has 2 heterocycles. The molecule has 100 valence electrons. The van der Waals surface area contributed by atoms with Crippen LogP contribution >= 0.6 is 11.8 Å². The molecule has 0 radical (unpaired) electrons. The highest BCUT2D eigenvalue weighted by atomic mass is 32.2. The number of aromatic nitrogens is 1. The molecule has 0 spiro atoms. The SMILES string of the molecule is CCNCc1cnccc1N1CCC(SC)CC1. The van der Waals surface area contributed by atoms with Gasteiger partial charge in [0.25, 0.3) is 0 Å². The summed E-state index contributed by atoms with van der Waals surface area (Å²) in [7, 11) is 0. The van der Waals surface area contributed by atoms with Crippen molar-refractivity contribution in [3.63, 3.8) is 0 Å². The fourth-order valence-electron chi connectivity index (χ4n) is 2.46. The van der Waals surface area contributed by atoms with Gasteiger partial charge in [0.15, 0.2) is 0 Å². The highest BCUT2D eigenvalue weighted by Gasteiger charge is 2.20. The Morgan fingerprint density at radius 3 is 2.89 bits per heavy atom. The van der Waals surface area contributed by atoms with Crippen LogP contribution in [0.15, 0.2) is 18.5 Å². The fourth-order valence-corrected chi connectivity index (χ4v) is 3.14. The van der Waals surface area contributed by atoms with Crippen LogP contribution in [-0.4, -0.2) is 36.1 Å². The van der Waals surface area contributed by atoms with E-state index in [-0.39, 0.29) is 0 Å². The molecular formula is C14H23N3S. The molecule has 0 aromatic carbocycles. The van der Waals surface area contributed by atoms with Crippen molar-refractivity contribution in [2.45, 2.75) is 31.6 Å². The van der Waals surface area contributed by atoms with E-state index in [9.17, 15) is 0 Å². The normalized spacial score (nSPS) is 17.1. The van der Waals surface area contributed by atoms with Gasteiger partial charge in [0, 0.05) is 48.5 Å². The number of piperidine rings is 1. The maximum Gasteiger partial charge on any atom is 0.0442 e. The van der Waals surface area contributed by atoms with E-state index >= 15 is 0 Å². The van der Waals surface area contributed by atoms with Gasteiger partial charge in [-0.3, -0.25) is 4.98 Å². The predicted octanol–water partition coefficient (Wildman–Crippen LogP) is 2.52. The fraction of sp³-hybridized carbons (Fsp3) is 0.643. The van der Waals surface area contributed by atoms with E-state index in [0.29, 0.717) is 0 Å². The zero-order valence-corrected chi connectivity index (χ0v) is 12.2. The molecule has 0 aliphatic carbocycles. The molecule has 1 aliphatic rings. The third-order valence-electron chi connectivity index (χ3n) is 3.56. The number of anilines is 1. The number of nitrogens with one attached hydrogen (secondary N) is 1. The maximum absolute atomic E-state index is 4.25. The molecule has 4 heteroatoms. The first kappa shape index (κ1) is 13.7. The molecule has 0 amide bonds. The summed E-state index contributed by atoms with van der Waals surface area (Å²) in [4.78, 5) is 6.77. The van der Waals surface area contributed by atoms with Crippen LogP contribution in [-0.2, 0) is 6.54 Å². The lowest BCUT2D eigenvalue weighted by Gasteiger charge is -2.34. The van der Waals surface area contributed by atoms with Gasteiger partial charge in [-0.25, -0.2) is 0 Å². The summed E-state index contributed by atoms with van der Waals surface area (Å²) in [6, 6.07) is 2.16. The van der Waals surface area contributed by atoms with Gasteiger partial charge in [0.05, 0.1) is 0 Å². The summed E-state index contributed by atoms with van der Waals surface area (Å²) in [6.45, 7) is 6.41. The van der Waals surface area contributed by atoms with Gasteiger partial charge < -0.3 is 10.2 Å². The molecule has 1 aliphatic heterocycles. The van der Waals surface area contributed by atoms with E-state index in [4.69, 9.17) is 0 Å². The molecule has 0 atom stereocenters. The van der Waals surface area contributed by atoms with E-state index in [1.165, 1.54) is 37.2 Å². The van der Waals surface area contributed by atoms with Crippen molar-refractivity contribution in [2.24, 2.45) is 0 Å². The van der Waals surface area contributed by atoms with Crippen LogP contribution in [0.1, 0.15) is 25.3 Å². The average Bonchev–Trinajstić information content (AvgIpc) is 2.45. The van der Waals surface area contributed by atoms with E-state index in [1.807, 2.05) is 24.2 Å². The quantitative estimate of drug-likeness (QED) is 0.885. The maximum atomic E-state index is 4.25. The zero-order valence-electron chi connectivity index (χ0n) is 11.4. The molecule has 18 heavy (non-hydrogen) atoms. The minimum atomic E-state index is 0.848. The number of hydrogen-bond acceptors (Lipinski definition) is 4. The van der Waals surface area contributed by atoms with Crippen molar-refractivity contribution in [1.82, 2.24) is 10.3 Å². The molecule has 1 saturated heterocycles. The van der Waals surface area contributed by atoms with Gasteiger partial charge in [-0.15, -0.1) is 0 Å². The topological polar surface area (TPSA) is 28.2 Å². The second-order valence-corrected chi connectivity index (χ2v) is 5.84. The van der Waals surface area contributed by atoms with Gasteiger partial charge in [-0.2, -0.15) is 11.8 Å². The van der Waals surface area contributed by atoms with Crippen molar-refractivity contribution in [2.75, 3.05) is 30.8 Å². The van der Waals surface area contributed by atoms with E-state index in [0.717, 1.165) is 18.3 Å². The first-order valence-corrected chi connectivity index (χ1v) is 8.05. The van der Waals surface area contributed by atoms with Gasteiger partial charge >= 0.3 is 0 Å². The van der Waals surface area contributed by atoms with Crippen LogP contribution in [0, 0.1) is 0 Å². The Hall–Kier alpha value is -0.740. The van der Waals surface area contributed by atoms with Gasteiger partial charge in [-0.1, -0.05) is 6.92 Å². The first-order chi connectivity index (χ1) is 8.85. The van der Waals surface area contributed by atoms with Crippen LogP contribution in [0.4, 0.5) is 5.69 Å². The zero-order chi connectivity index (χ0) is 12.8. The van der Waals surface area contributed by atoms with Crippen LogP contribution in [0.25, 0.3) is 0 Å². The van der Waals surface area contributed by atoms with Crippen LogP contribution in [0.5, 0.6) is 0 Å². The second-order valence-electron chi connectivity index (χ2n) is 4.71. The van der Waals surface area contributed by atoms with E-state index in [1.54, 1.807) is 0 Å². The van der Waals surface area contributed by atoms with Gasteiger partial charge in [0.1, 0.15) is 0 Å². The monoisotopic (exact) mass is 265 g/mol. The van der Waals surface area contributed by atoms with Crippen molar-refractivity contribution in [3.05, 3.63) is 24.0 Å². The second kappa shape index (κ2) is 7.00. The molecule has 0 bridgehead atoms. The molecular weight excluding hydrogens is 242 g/mol. The molecule has 3 nitrogen and oxygen atoms in total. The number of hydrogen-bond donors (Lipinski definition) is 1. The number of pyridine rings is 1. The summed E-state index contributed by atoms with van der Waals surface area (Å²) in [5, 5.41) is 4.24.